The zero-order chi connectivity index (χ0) is 21.9. The van der Waals surface area contributed by atoms with Crippen LogP contribution >= 0.6 is 0 Å². The minimum Gasteiger partial charge on any atom is -0.322 e. The van der Waals surface area contributed by atoms with E-state index < -0.39 is 14.9 Å². The van der Waals surface area contributed by atoms with Crippen molar-refractivity contribution in [2.75, 3.05) is 10.0 Å². The highest BCUT2D eigenvalue weighted by Gasteiger charge is 2.20. The molecule has 0 saturated heterocycles. The average molecular weight is 425 g/mol. The second kappa shape index (κ2) is 8.34. The summed E-state index contributed by atoms with van der Waals surface area (Å²) < 4.78 is 27.9. The first kappa shape index (κ1) is 21.0. The van der Waals surface area contributed by atoms with Gasteiger partial charge in [0.15, 0.2) is 0 Å². The fraction of sp³-hybridized carbons (Fsp3) is 0.0952. The number of nitrogens with zero attached hydrogens (tertiary/aromatic N) is 1. The molecule has 1 amide bonds. The van der Waals surface area contributed by atoms with E-state index >= 15 is 0 Å². The van der Waals surface area contributed by atoms with Gasteiger partial charge in [-0.25, -0.2) is 8.42 Å². The Bertz CT molecular complexity index is 1220. The van der Waals surface area contributed by atoms with Gasteiger partial charge in [0.1, 0.15) is 0 Å². The van der Waals surface area contributed by atoms with Crippen molar-refractivity contribution >= 4 is 33.0 Å². The standard InChI is InChI=1S/C21H19N3O5S/c1-14-13-17(11-12-18(14)22-21(25)16-7-4-3-5-8-16)30(28,29)23-19-9-6-10-20(15(19)2)24(26)27/h3-13,23H,1-2H3,(H,22,25). The second-order valence-electron chi connectivity index (χ2n) is 6.61. The minimum absolute atomic E-state index is 0.0244. The molecule has 3 rings (SSSR count). The van der Waals surface area contributed by atoms with Crippen molar-refractivity contribution in [3.8, 4) is 0 Å². The highest BCUT2D eigenvalue weighted by atomic mass is 32.2. The Morgan fingerprint density at radius 2 is 1.63 bits per heavy atom. The van der Waals surface area contributed by atoms with E-state index in [1.54, 1.807) is 37.3 Å². The number of hydrogen-bond acceptors (Lipinski definition) is 5. The van der Waals surface area contributed by atoms with Crippen LogP contribution in [0.5, 0.6) is 0 Å². The summed E-state index contributed by atoms with van der Waals surface area (Å²) in [6.07, 6.45) is 0. The number of nitro benzene ring substituents is 1. The molecule has 30 heavy (non-hydrogen) atoms. The van der Waals surface area contributed by atoms with E-state index in [2.05, 4.69) is 10.0 Å². The molecular formula is C21H19N3O5S. The molecule has 3 aromatic carbocycles. The lowest BCUT2D eigenvalue weighted by Gasteiger charge is -2.13. The fourth-order valence-electron chi connectivity index (χ4n) is 2.86. The molecule has 2 N–H and O–H groups in total. The number of anilines is 2. The van der Waals surface area contributed by atoms with Crippen LogP contribution in [-0.2, 0) is 10.0 Å². The lowest BCUT2D eigenvalue weighted by Crippen LogP contribution is -2.16. The van der Waals surface area contributed by atoms with E-state index in [1.807, 2.05) is 0 Å². The first-order valence-corrected chi connectivity index (χ1v) is 10.4. The third kappa shape index (κ3) is 4.47. The monoisotopic (exact) mass is 425 g/mol. The number of aryl methyl sites for hydroxylation is 1. The summed E-state index contributed by atoms with van der Waals surface area (Å²) in [4.78, 5) is 22.8. The molecule has 3 aromatic rings. The predicted molar refractivity (Wildman–Crippen MR) is 114 cm³/mol. The molecule has 0 radical (unpaired) electrons. The molecular weight excluding hydrogens is 406 g/mol. The van der Waals surface area contributed by atoms with Crippen LogP contribution in [0.2, 0.25) is 0 Å². The summed E-state index contributed by atoms with van der Waals surface area (Å²) in [5.74, 6) is -0.306. The highest BCUT2D eigenvalue weighted by Crippen LogP contribution is 2.28. The molecule has 0 heterocycles. The molecule has 0 unspecified atom stereocenters. The van der Waals surface area contributed by atoms with E-state index in [9.17, 15) is 23.3 Å². The van der Waals surface area contributed by atoms with Gasteiger partial charge in [-0.15, -0.1) is 0 Å². The van der Waals surface area contributed by atoms with Crippen LogP contribution in [-0.4, -0.2) is 19.2 Å². The molecule has 0 aliphatic rings. The summed E-state index contributed by atoms with van der Waals surface area (Å²) in [5.41, 5.74) is 1.69. The lowest BCUT2D eigenvalue weighted by molar-refractivity contribution is -0.385. The summed E-state index contributed by atoms with van der Waals surface area (Å²) in [7, 11) is -3.98. The van der Waals surface area contributed by atoms with Crippen LogP contribution in [0, 0.1) is 24.0 Å². The maximum absolute atomic E-state index is 12.8. The lowest BCUT2D eigenvalue weighted by atomic mass is 10.1. The van der Waals surface area contributed by atoms with Crippen molar-refractivity contribution in [1.29, 1.82) is 0 Å². The van der Waals surface area contributed by atoms with Crippen molar-refractivity contribution in [2.45, 2.75) is 18.7 Å². The van der Waals surface area contributed by atoms with Crippen molar-refractivity contribution < 1.29 is 18.1 Å². The number of rotatable bonds is 6. The number of sulfonamides is 1. The summed E-state index contributed by atoms with van der Waals surface area (Å²) in [6.45, 7) is 3.15. The summed E-state index contributed by atoms with van der Waals surface area (Å²) in [6, 6.07) is 17.1. The molecule has 154 valence electrons. The molecule has 0 aliphatic carbocycles. The Balaban J connectivity index is 1.84. The number of nitrogens with one attached hydrogen (secondary N) is 2. The number of carbonyl (C=O) groups is 1. The van der Waals surface area contributed by atoms with E-state index in [0.29, 0.717) is 16.8 Å². The van der Waals surface area contributed by atoms with Gasteiger partial charge in [-0.05, 0) is 55.8 Å². The number of nitro groups is 1. The van der Waals surface area contributed by atoms with Crippen LogP contribution < -0.4 is 10.0 Å². The molecule has 8 nitrogen and oxygen atoms in total. The smallest absolute Gasteiger partial charge is 0.274 e. The molecule has 0 aliphatic heterocycles. The van der Waals surface area contributed by atoms with Crippen LogP contribution in [0.15, 0.2) is 71.6 Å². The molecule has 0 atom stereocenters. The van der Waals surface area contributed by atoms with Crippen molar-refractivity contribution in [1.82, 2.24) is 0 Å². The SMILES string of the molecule is Cc1cc(S(=O)(=O)Nc2cccc([N+](=O)[O-])c2C)ccc1NC(=O)c1ccccc1. The number of amides is 1. The van der Waals surface area contributed by atoms with E-state index in [-0.39, 0.29) is 27.7 Å². The zero-order valence-corrected chi connectivity index (χ0v) is 17.1. The predicted octanol–water partition coefficient (Wildman–Crippen LogP) is 4.26. The number of carbonyl (C=O) groups excluding carboxylic acids is 1. The quantitative estimate of drug-likeness (QED) is 0.452. The van der Waals surface area contributed by atoms with Gasteiger partial charge in [0.05, 0.1) is 21.1 Å². The maximum atomic E-state index is 12.8. The normalized spacial score (nSPS) is 11.0. The largest absolute Gasteiger partial charge is 0.322 e. The number of benzene rings is 3. The van der Waals surface area contributed by atoms with Gasteiger partial charge in [-0.3, -0.25) is 19.6 Å². The van der Waals surface area contributed by atoms with E-state index in [1.165, 1.54) is 43.3 Å². The van der Waals surface area contributed by atoms with Crippen LogP contribution in [0.25, 0.3) is 0 Å². The fourth-order valence-corrected chi connectivity index (χ4v) is 4.07. The Hall–Kier alpha value is -3.72. The Kier molecular flexibility index (Phi) is 5.84. The first-order chi connectivity index (χ1) is 14.2. The molecule has 0 fully saturated rings. The van der Waals surface area contributed by atoms with Crippen molar-refractivity contribution in [3.05, 3.63) is 93.5 Å². The Morgan fingerprint density at radius 3 is 2.27 bits per heavy atom. The van der Waals surface area contributed by atoms with Gasteiger partial charge in [-0.2, -0.15) is 0 Å². The topological polar surface area (TPSA) is 118 Å². The molecule has 0 aromatic heterocycles. The Morgan fingerprint density at radius 1 is 0.933 bits per heavy atom. The van der Waals surface area contributed by atoms with Gasteiger partial charge in [0.2, 0.25) is 0 Å². The molecule has 0 spiro atoms. The summed E-state index contributed by atoms with van der Waals surface area (Å²) >= 11 is 0. The minimum atomic E-state index is -3.98. The Labute approximate surface area is 173 Å². The summed E-state index contributed by atoms with van der Waals surface area (Å²) in [5, 5.41) is 13.8. The first-order valence-electron chi connectivity index (χ1n) is 8.93. The van der Waals surface area contributed by atoms with Gasteiger partial charge in [0.25, 0.3) is 21.6 Å². The zero-order valence-electron chi connectivity index (χ0n) is 16.2. The highest BCUT2D eigenvalue weighted by molar-refractivity contribution is 7.92. The van der Waals surface area contributed by atoms with Crippen LogP contribution in [0.4, 0.5) is 17.1 Å². The third-order valence-corrected chi connectivity index (χ3v) is 5.90. The van der Waals surface area contributed by atoms with Gasteiger partial charge >= 0.3 is 0 Å². The third-order valence-electron chi connectivity index (χ3n) is 4.54. The number of hydrogen-bond donors (Lipinski definition) is 2. The van der Waals surface area contributed by atoms with E-state index in [4.69, 9.17) is 0 Å². The van der Waals surface area contributed by atoms with Gasteiger partial charge < -0.3 is 5.32 Å². The maximum Gasteiger partial charge on any atom is 0.274 e. The molecule has 9 heteroatoms. The van der Waals surface area contributed by atoms with Gasteiger partial charge in [0, 0.05) is 17.3 Å². The van der Waals surface area contributed by atoms with Crippen LogP contribution in [0.1, 0.15) is 21.5 Å². The molecule has 0 bridgehead atoms. The van der Waals surface area contributed by atoms with E-state index in [0.717, 1.165) is 0 Å². The van der Waals surface area contributed by atoms with Crippen LogP contribution in [0.3, 0.4) is 0 Å². The average Bonchev–Trinajstić information content (AvgIpc) is 2.71. The van der Waals surface area contributed by atoms with Crippen molar-refractivity contribution in [3.63, 3.8) is 0 Å². The van der Waals surface area contributed by atoms with Crippen molar-refractivity contribution in [2.24, 2.45) is 0 Å². The van der Waals surface area contributed by atoms with Gasteiger partial charge in [-0.1, -0.05) is 24.3 Å². The second-order valence-corrected chi connectivity index (χ2v) is 8.29. The molecule has 0 saturated carbocycles.